The van der Waals surface area contributed by atoms with E-state index in [1.54, 1.807) is 12.0 Å². The maximum atomic E-state index is 12.2. The fourth-order valence-corrected chi connectivity index (χ4v) is 2.47. The number of rotatable bonds is 5. The lowest BCUT2D eigenvalue weighted by Crippen LogP contribution is -2.43. The van der Waals surface area contributed by atoms with Crippen LogP contribution in [0.1, 0.15) is 18.4 Å². The van der Waals surface area contributed by atoms with E-state index in [2.05, 4.69) is 0 Å². The van der Waals surface area contributed by atoms with E-state index < -0.39 is 0 Å². The fraction of sp³-hybridized carbons (Fsp3) is 0.500. The van der Waals surface area contributed by atoms with E-state index in [4.69, 9.17) is 4.74 Å². The van der Waals surface area contributed by atoms with Crippen LogP contribution in [0.25, 0.3) is 0 Å². The Labute approximate surface area is 125 Å². The Bertz CT molecular complexity index is 506. The molecule has 1 heterocycles. The van der Waals surface area contributed by atoms with Gasteiger partial charge in [0.2, 0.25) is 5.91 Å². The SMILES string of the molecule is COc1cccc(CN(C)CC(=O)N2CCC(=O)CC2)c1. The van der Waals surface area contributed by atoms with Crippen molar-refractivity contribution in [3.8, 4) is 5.75 Å². The quantitative estimate of drug-likeness (QED) is 0.820. The number of carbonyl (C=O) groups is 2. The van der Waals surface area contributed by atoms with Crippen molar-refractivity contribution in [1.82, 2.24) is 9.80 Å². The van der Waals surface area contributed by atoms with E-state index in [0.29, 0.717) is 39.0 Å². The highest BCUT2D eigenvalue weighted by Gasteiger charge is 2.21. The number of likely N-dealkylation sites (tertiary alicyclic amines) is 1. The molecule has 0 N–H and O–H groups in total. The zero-order chi connectivity index (χ0) is 15.2. The van der Waals surface area contributed by atoms with E-state index in [1.165, 1.54) is 0 Å². The number of hydrogen-bond acceptors (Lipinski definition) is 4. The van der Waals surface area contributed by atoms with Crippen molar-refractivity contribution in [1.29, 1.82) is 0 Å². The molecule has 0 bridgehead atoms. The highest BCUT2D eigenvalue weighted by Crippen LogP contribution is 2.14. The van der Waals surface area contributed by atoms with Crippen LogP contribution in [0.15, 0.2) is 24.3 Å². The van der Waals surface area contributed by atoms with E-state index in [1.807, 2.05) is 36.2 Å². The van der Waals surface area contributed by atoms with Crippen LogP contribution in [-0.2, 0) is 16.1 Å². The molecule has 0 aliphatic carbocycles. The number of ketones is 1. The van der Waals surface area contributed by atoms with Crippen molar-refractivity contribution in [2.24, 2.45) is 0 Å². The molecular formula is C16H22N2O3. The van der Waals surface area contributed by atoms with Gasteiger partial charge in [-0.2, -0.15) is 0 Å². The normalized spacial score (nSPS) is 15.4. The number of piperidine rings is 1. The Balaban J connectivity index is 1.84. The maximum absolute atomic E-state index is 12.2. The second-order valence-electron chi connectivity index (χ2n) is 5.44. The zero-order valence-corrected chi connectivity index (χ0v) is 12.7. The Morgan fingerprint density at radius 1 is 1.33 bits per heavy atom. The molecule has 0 radical (unpaired) electrons. The molecule has 1 aromatic carbocycles. The highest BCUT2D eigenvalue weighted by molar-refractivity contribution is 5.84. The third-order valence-electron chi connectivity index (χ3n) is 3.67. The van der Waals surface area contributed by atoms with Crippen LogP contribution in [0, 0.1) is 0 Å². The molecule has 0 saturated carbocycles. The van der Waals surface area contributed by atoms with Crippen LogP contribution in [0.3, 0.4) is 0 Å². The van der Waals surface area contributed by atoms with Gasteiger partial charge in [0, 0.05) is 32.5 Å². The summed E-state index contributed by atoms with van der Waals surface area (Å²) in [7, 11) is 3.57. The minimum atomic E-state index is 0.0906. The van der Waals surface area contributed by atoms with Crippen LogP contribution >= 0.6 is 0 Å². The van der Waals surface area contributed by atoms with Crippen molar-refractivity contribution >= 4 is 11.7 Å². The molecule has 0 unspecified atom stereocenters. The predicted octanol–water partition coefficient (Wildman–Crippen LogP) is 1.32. The van der Waals surface area contributed by atoms with Crippen LogP contribution in [0.4, 0.5) is 0 Å². The molecule has 2 rings (SSSR count). The second kappa shape index (κ2) is 7.22. The van der Waals surface area contributed by atoms with Gasteiger partial charge >= 0.3 is 0 Å². The summed E-state index contributed by atoms with van der Waals surface area (Å²) >= 11 is 0. The Hall–Kier alpha value is -1.88. The molecule has 1 saturated heterocycles. The number of benzene rings is 1. The van der Waals surface area contributed by atoms with Gasteiger partial charge in [0.25, 0.3) is 0 Å². The first kappa shape index (κ1) is 15.5. The van der Waals surface area contributed by atoms with E-state index >= 15 is 0 Å². The number of methoxy groups -OCH3 is 1. The third kappa shape index (κ3) is 4.56. The molecule has 1 aliphatic rings. The lowest BCUT2D eigenvalue weighted by Gasteiger charge is -2.28. The van der Waals surface area contributed by atoms with E-state index in [9.17, 15) is 9.59 Å². The molecule has 5 nitrogen and oxygen atoms in total. The van der Waals surface area contributed by atoms with Crippen LogP contribution in [-0.4, -0.2) is 55.3 Å². The van der Waals surface area contributed by atoms with Gasteiger partial charge in [0.05, 0.1) is 13.7 Å². The molecule has 0 atom stereocenters. The summed E-state index contributed by atoms with van der Waals surface area (Å²) < 4.78 is 5.20. The monoisotopic (exact) mass is 290 g/mol. The van der Waals surface area contributed by atoms with Crippen LogP contribution in [0.5, 0.6) is 5.75 Å². The number of ether oxygens (including phenoxy) is 1. The number of amides is 1. The van der Waals surface area contributed by atoms with Gasteiger partial charge < -0.3 is 9.64 Å². The van der Waals surface area contributed by atoms with Gasteiger partial charge in [-0.05, 0) is 24.7 Å². The summed E-state index contributed by atoms with van der Waals surface area (Å²) in [6, 6.07) is 7.84. The minimum absolute atomic E-state index is 0.0906. The largest absolute Gasteiger partial charge is 0.497 e. The van der Waals surface area contributed by atoms with Crippen molar-refractivity contribution in [3.05, 3.63) is 29.8 Å². The summed E-state index contributed by atoms with van der Waals surface area (Å²) in [6.45, 7) is 2.18. The van der Waals surface area contributed by atoms with Gasteiger partial charge in [0.15, 0.2) is 0 Å². The van der Waals surface area contributed by atoms with Crippen LogP contribution < -0.4 is 4.74 Å². The molecule has 5 heteroatoms. The van der Waals surface area contributed by atoms with Crippen molar-refractivity contribution in [3.63, 3.8) is 0 Å². The topological polar surface area (TPSA) is 49.9 Å². The molecule has 1 aliphatic heterocycles. The van der Waals surface area contributed by atoms with Crippen LogP contribution in [0.2, 0.25) is 0 Å². The highest BCUT2D eigenvalue weighted by atomic mass is 16.5. The molecule has 0 spiro atoms. The molecule has 114 valence electrons. The van der Waals surface area contributed by atoms with Crippen molar-refractivity contribution in [2.75, 3.05) is 33.8 Å². The van der Waals surface area contributed by atoms with Crippen molar-refractivity contribution in [2.45, 2.75) is 19.4 Å². The Morgan fingerprint density at radius 3 is 2.71 bits per heavy atom. The summed E-state index contributed by atoms with van der Waals surface area (Å²) in [5.74, 6) is 1.17. The van der Waals surface area contributed by atoms with Gasteiger partial charge in [-0.1, -0.05) is 12.1 Å². The number of hydrogen-bond donors (Lipinski definition) is 0. The average Bonchev–Trinajstić information content (AvgIpc) is 2.47. The number of Topliss-reactive ketones (excluding diaryl/α,β-unsaturated/α-hetero) is 1. The summed E-state index contributed by atoms with van der Waals surface area (Å²) in [5, 5.41) is 0. The molecule has 0 aromatic heterocycles. The standard InChI is InChI=1S/C16H22N2O3/c1-17(11-13-4-3-5-15(10-13)21-2)12-16(20)18-8-6-14(19)7-9-18/h3-5,10H,6-9,11-12H2,1-2H3. The smallest absolute Gasteiger partial charge is 0.236 e. The number of likely N-dealkylation sites (N-methyl/N-ethyl adjacent to an activating group) is 1. The molecule has 1 aromatic rings. The van der Waals surface area contributed by atoms with Crippen molar-refractivity contribution < 1.29 is 14.3 Å². The van der Waals surface area contributed by atoms with E-state index in [-0.39, 0.29) is 11.7 Å². The summed E-state index contributed by atoms with van der Waals surface area (Å²) in [6.07, 6.45) is 0.983. The number of nitrogens with zero attached hydrogens (tertiary/aromatic N) is 2. The fourth-order valence-electron chi connectivity index (χ4n) is 2.47. The Kier molecular flexibility index (Phi) is 5.33. The first-order valence-corrected chi connectivity index (χ1v) is 7.19. The third-order valence-corrected chi connectivity index (χ3v) is 3.67. The maximum Gasteiger partial charge on any atom is 0.236 e. The summed E-state index contributed by atoms with van der Waals surface area (Å²) in [4.78, 5) is 27.1. The summed E-state index contributed by atoms with van der Waals surface area (Å²) in [5.41, 5.74) is 1.11. The van der Waals surface area contributed by atoms with Gasteiger partial charge in [0.1, 0.15) is 11.5 Å². The molecule has 21 heavy (non-hydrogen) atoms. The zero-order valence-electron chi connectivity index (χ0n) is 12.7. The minimum Gasteiger partial charge on any atom is -0.497 e. The van der Waals surface area contributed by atoms with Gasteiger partial charge in [-0.15, -0.1) is 0 Å². The molecule has 1 fully saturated rings. The lowest BCUT2D eigenvalue weighted by atomic mass is 10.1. The average molecular weight is 290 g/mol. The van der Waals surface area contributed by atoms with E-state index in [0.717, 1.165) is 11.3 Å². The molecule has 1 amide bonds. The first-order chi connectivity index (χ1) is 10.1. The lowest BCUT2D eigenvalue weighted by molar-refractivity contribution is -0.135. The van der Waals surface area contributed by atoms with Gasteiger partial charge in [-0.3, -0.25) is 14.5 Å². The first-order valence-electron chi connectivity index (χ1n) is 7.19. The van der Waals surface area contributed by atoms with Gasteiger partial charge in [-0.25, -0.2) is 0 Å². The number of carbonyl (C=O) groups excluding carboxylic acids is 2. The second-order valence-corrected chi connectivity index (χ2v) is 5.44. The predicted molar refractivity (Wildman–Crippen MR) is 80.1 cm³/mol. The molecular weight excluding hydrogens is 268 g/mol. The Morgan fingerprint density at radius 2 is 2.05 bits per heavy atom.